The molecule has 0 heterocycles. The number of anilines is 1. The van der Waals surface area contributed by atoms with Crippen LogP contribution in [0.5, 0.6) is 0 Å². The minimum atomic E-state index is -0.686. The second-order valence-electron chi connectivity index (χ2n) is 6.88. The first kappa shape index (κ1) is 22.1. The van der Waals surface area contributed by atoms with Crippen LogP contribution in [0.3, 0.4) is 0 Å². The van der Waals surface area contributed by atoms with Crippen molar-refractivity contribution in [3.05, 3.63) is 41.5 Å². The molecule has 2 rings (SSSR count). The standard InChI is InChI=1S/C21H27N3O5/c1-15(25)23-18-9-7-17(8-10-18)13-20(27)29-14-19(26)24-21(28)22-12-11-16-5-3-2-4-6-16/h5,7-10H,2-4,6,11-14H2,1H3,(H,23,25)(H2,22,24,26,28). The molecule has 0 fully saturated rings. The van der Waals surface area contributed by atoms with Gasteiger partial charge in [-0.15, -0.1) is 0 Å². The molecule has 1 aliphatic carbocycles. The highest BCUT2D eigenvalue weighted by Gasteiger charge is 2.12. The number of urea groups is 1. The lowest BCUT2D eigenvalue weighted by Gasteiger charge is -2.13. The Kier molecular flexibility index (Phi) is 8.88. The number of carbonyl (C=O) groups is 4. The summed E-state index contributed by atoms with van der Waals surface area (Å²) >= 11 is 0. The van der Waals surface area contributed by atoms with Gasteiger partial charge in [0.1, 0.15) is 0 Å². The van der Waals surface area contributed by atoms with Gasteiger partial charge in [-0.3, -0.25) is 19.7 Å². The van der Waals surface area contributed by atoms with Crippen LogP contribution < -0.4 is 16.0 Å². The zero-order valence-electron chi connectivity index (χ0n) is 16.6. The number of hydrogen-bond donors (Lipinski definition) is 3. The Labute approximate surface area is 170 Å². The van der Waals surface area contributed by atoms with E-state index < -0.39 is 24.5 Å². The van der Waals surface area contributed by atoms with Gasteiger partial charge in [0.05, 0.1) is 6.42 Å². The third-order valence-electron chi connectivity index (χ3n) is 4.36. The summed E-state index contributed by atoms with van der Waals surface area (Å²) in [5, 5.41) is 7.39. The quantitative estimate of drug-likeness (QED) is 0.457. The zero-order chi connectivity index (χ0) is 21.1. The van der Waals surface area contributed by atoms with E-state index in [0.717, 1.165) is 19.3 Å². The molecule has 1 aromatic carbocycles. The van der Waals surface area contributed by atoms with Crippen molar-refractivity contribution in [2.24, 2.45) is 0 Å². The molecular weight excluding hydrogens is 374 g/mol. The fraction of sp³-hybridized carbons (Fsp3) is 0.429. The number of allylic oxidation sites excluding steroid dienone is 1. The first-order valence-electron chi connectivity index (χ1n) is 9.70. The Morgan fingerprint density at radius 3 is 2.48 bits per heavy atom. The van der Waals surface area contributed by atoms with E-state index in [4.69, 9.17) is 4.74 Å². The van der Waals surface area contributed by atoms with Crippen LogP contribution >= 0.6 is 0 Å². The highest BCUT2D eigenvalue weighted by atomic mass is 16.5. The van der Waals surface area contributed by atoms with Gasteiger partial charge >= 0.3 is 12.0 Å². The molecule has 0 atom stereocenters. The molecule has 156 valence electrons. The Bertz CT molecular complexity index is 771. The van der Waals surface area contributed by atoms with Gasteiger partial charge in [0.2, 0.25) is 5.91 Å². The lowest BCUT2D eigenvalue weighted by atomic mass is 9.97. The number of nitrogens with one attached hydrogen (secondary N) is 3. The maximum absolute atomic E-state index is 11.8. The lowest BCUT2D eigenvalue weighted by Crippen LogP contribution is -2.41. The highest BCUT2D eigenvalue weighted by Crippen LogP contribution is 2.19. The molecule has 0 bridgehead atoms. The number of rotatable bonds is 8. The topological polar surface area (TPSA) is 114 Å². The van der Waals surface area contributed by atoms with E-state index in [2.05, 4.69) is 22.0 Å². The van der Waals surface area contributed by atoms with E-state index >= 15 is 0 Å². The molecular formula is C21H27N3O5. The molecule has 29 heavy (non-hydrogen) atoms. The van der Waals surface area contributed by atoms with Gasteiger partial charge in [-0.05, 0) is 49.8 Å². The number of benzene rings is 1. The SMILES string of the molecule is CC(=O)Nc1ccc(CC(=O)OCC(=O)NC(=O)NCCC2=CCCCC2)cc1. The van der Waals surface area contributed by atoms with Gasteiger partial charge in [-0.1, -0.05) is 23.8 Å². The van der Waals surface area contributed by atoms with Gasteiger partial charge in [-0.25, -0.2) is 4.79 Å². The van der Waals surface area contributed by atoms with E-state index in [-0.39, 0.29) is 12.3 Å². The summed E-state index contributed by atoms with van der Waals surface area (Å²) in [6.07, 6.45) is 7.51. The number of hydrogen-bond acceptors (Lipinski definition) is 5. The van der Waals surface area contributed by atoms with Crippen molar-refractivity contribution in [3.8, 4) is 0 Å². The van der Waals surface area contributed by atoms with E-state index in [1.165, 1.54) is 25.3 Å². The predicted molar refractivity (Wildman–Crippen MR) is 108 cm³/mol. The minimum absolute atomic E-state index is 0.0189. The molecule has 4 amide bonds. The maximum Gasteiger partial charge on any atom is 0.321 e. The van der Waals surface area contributed by atoms with Crippen LogP contribution in [0.2, 0.25) is 0 Å². The van der Waals surface area contributed by atoms with Crippen molar-refractivity contribution in [2.75, 3.05) is 18.5 Å². The fourth-order valence-electron chi connectivity index (χ4n) is 2.95. The van der Waals surface area contributed by atoms with Crippen LogP contribution in [-0.2, 0) is 25.5 Å². The molecule has 0 aromatic heterocycles. The largest absolute Gasteiger partial charge is 0.455 e. The second kappa shape index (κ2) is 11.6. The molecule has 0 radical (unpaired) electrons. The van der Waals surface area contributed by atoms with Crippen LogP contribution in [0, 0.1) is 0 Å². The number of esters is 1. The number of ether oxygens (including phenoxy) is 1. The molecule has 1 aliphatic rings. The normalized spacial score (nSPS) is 13.1. The number of amides is 4. The van der Waals surface area contributed by atoms with Crippen molar-refractivity contribution in [1.82, 2.24) is 10.6 Å². The second-order valence-corrected chi connectivity index (χ2v) is 6.88. The lowest BCUT2D eigenvalue weighted by molar-refractivity contribution is -0.147. The molecule has 8 nitrogen and oxygen atoms in total. The summed E-state index contributed by atoms with van der Waals surface area (Å²) in [6.45, 7) is 1.34. The third-order valence-corrected chi connectivity index (χ3v) is 4.36. The summed E-state index contributed by atoms with van der Waals surface area (Å²) < 4.78 is 4.89. The van der Waals surface area contributed by atoms with Crippen LogP contribution in [0.15, 0.2) is 35.9 Å². The average molecular weight is 401 g/mol. The number of carbonyl (C=O) groups excluding carboxylic acids is 4. The summed E-state index contributed by atoms with van der Waals surface area (Å²) in [6, 6.07) is 6.11. The summed E-state index contributed by atoms with van der Waals surface area (Å²) in [7, 11) is 0. The highest BCUT2D eigenvalue weighted by molar-refractivity contribution is 5.95. The van der Waals surface area contributed by atoms with Gasteiger partial charge < -0.3 is 15.4 Å². The Morgan fingerprint density at radius 1 is 1.07 bits per heavy atom. The van der Waals surface area contributed by atoms with Gasteiger partial charge in [0, 0.05) is 19.2 Å². The summed E-state index contributed by atoms with van der Waals surface area (Å²) in [4.78, 5) is 46.2. The van der Waals surface area contributed by atoms with E-state index in [1.807, 2.05) is 0 Å². The van der Waals surface area contributed by atoms with Gasteiger partial charge in [-0.2, -0.15) is 0 Å². The Hall–Kier alpha value is -3.16. The predicted octanol–water partition coefficient (Wildman–Crippen LogP) is 2.45. The maximum atomic E-state index is 11.8. The van der Waals surface area contributed by atoms with Crippen LogP contribution in [0.25, 0.3) is 0 Å². The molecule has 0 aliphatic heterocycles. The molecule has 0 saturated carbocycles. The van der Waals surface area contributed by atoms with Crippen molar-refractivity contribution in [3.63, 3.8) is 0 Å². The Morgan fingerprint density at radius 2 is 1.83 bits per heavy atom. The molecule has 8 heteroatoms. The van der Waals surface area contributed by atoms with E-state index in [1.54, 1.807) is 24.3 Å². The Balaban J connectivity index is 1.62. The van der Waals surface area contributed by atoms with Crippen LogP contribution in [-0.4, -0.2) is 37.0 Å². The number of imide groups is 1. The van der Waals surface area contributed by atoms with Crippen LogP contribution in [0.1, 0.15) is 44.6 Å². The molecule has 1 aromatic rings. The molecule has 0 unspecified atom stereocenters. The molecule has 0 spiro atoms. The summed E-state index contributed by atoms with van der Waals surface area (Å²) in [5.74, 6) is -1.45. The summed E-state index contributed by atoms with van der Waals surface area (Å²) in [5.41, 5.74) is 2.64. The van der Waals surface area contributed by atoms with Crippen molar-refractivity contribution >= 4 is 29.5 Å². The van der Waals surface area contributed by atoms with Crippen molar-refractivity contribution in [1.29, 1.82) is 0 Å². The van der Waals surface area contributed by atoms with Crippen molar-refractivity contribution in [2.45, 2.75) is 45.4 Å². The first-order chi connectivity index (χ1) is 13.9. The third kappa shape index (κ3) is 9.05. The minimum Gasteiger partial charge on any atom is -0.455 e. The van der Waals surface area contributed by atoms with Gasteiger partial charge in [0.15, 0.2) is 6.61 Å². The van der Waals surface area contributed by atoms with Crippen LogP contribution in [0.4, 0.5) is 10.5 Å². The van der Waals surface area contributed by atoms with Gasteiger partial charge in [0.25, 0.3) is 5.91 Å². The zero-order valence-corrected chi connectivity index (χ0v) is 16.6. The smallest absolute Gasteiger partial charge is 0.321 e. The van der Waals surface area contributed by atoms with E-state index in [0.29, 0.717) is 17.8 Å². The average Bonchev–Trinajstić information content (AvgIpc) is 2.68. The fourth-order valence-corrected chi connectivity index (χ4v) is 2.95. The monoisotopic (exact) mass is 401 g/mol. The molecule has 0 saturated heterocycles. The first-order valence-corrected chi connectivity index (χ1v) is 9.70. The molecule has 3 N–H and O–H groups in total. The van der Waals surface area contributed by atoms with E-state index in [9.17, 15) is 19.2 Å². The van der Waals surface area contributed by atoms with Crippen molar-refractivity contribution < 1.29 is 23.9 Å².